The van der Waals surface area contributed by atoms with E-state index in [4.69, 9.17) is 9.47 Å². The van der Waals surface area contributed by atoms with Crippen LogP contribution in [0.3, 0.4) is 0 Å². The maximum Gasteiger partial charge on any atom is 0.233 e. The molecule has 4 nitrogen and oxygen atoms in total. The van der Waals surface area contributed by atoms with Crippen molar-refractivity contribution in [1.29, 1.82) is 0 Å². The summed E-state index contributed by atoms with van der Waals surface area (Å²) in [6.45, 7) is 8.27. The first-order valence-corrected chi connectivity index (χ1v) is 9.77. The van der Waals surface area contributed by atoms with Gasteiger partial charge in [-0.25, -0.2) is 4.68 Å². The minimum Gasteiger partial charge on any atom is -0.480 e. The van der Waals surface area contributed by atoms with Crippen LogP contribution >= 0.6 is 15.9 Å². The van der Waals surface area contributed by atoms with E-state index in [1.54, 1.807) is 11.8 Å². The van der Waals surface area contributed by atoms with Gasteiger partial charge in [0.05, 0.1) is 7.11 Å². The zero-order valence-corrected chi connectivity index (χ0v) is 12.9. The van der Waals surface area contributed by atoms with Gasteiger partial charge in [0.1, 0.15) is 11.3 Å². The van der Waals surface area contributed by atoms with Gasteiger partial charge in [-0.1, -0.05) is 19.6 Å². The largest absolute Gasteiger partial charge is 0.480 e. The van der Waals surface area contributed by atoms with Gasteiger partial charge in [-0.05, 0) is 22.0 Å². The molecule has 0 fully saturated rings. The van der Waals surface area contributed by atoms with Crippen molar-refractivity contribution in [3.05, 3.63) is 10.7 Å². The van der Waals surface area contributed by atoms with Gasteiger partial charge >= 0.3 is 0 Å². The molecule has 16 heavy (non-hydrogen) atoms. The topological polar surface area (TPSA) is 36.3 Å². The summed E-state index contributed by atoms with van der Waals surface area (Å²) in [4.78, 5) is 0. The van der Waals surface area contributed by atoms with Crippen LogP contribution in [0, 0.1) is 0 Å². The number of hydrogen-bond acceptors (Lipinski definition) is 3. The van der Waals surface area contributed by atoms with Crippen molar-refractivity contribution in [3.63, 3.8) is 0 Å². The smallest absolute Gasteiger partial charge is 0.233 e. The summed E-state index contributed by atoms with van der Waals surface area (Å²) in [7, 11) is 0.601. The van der Waals surface area contributed by atoms with Gasteiger partial charge in [0.15, 0.2) is 0 Å². The summed E-state index contributed by atoms with van der Waals surface area (Å²) in [5, 5.41) is 4.20. The number of ether oxygens (including phenoxy) is 2. The van der Waals surface area contributed by atoms with E-state index in [0.29, 0.717) is 12.6 Å². The Morgan fingerprint density at radius 1 is 1.44 bits per heavy atom. The summed E-state index contributed by atoms with van der Waals surface area (Å²) in [5.74, 6) is 0.598. The molecule has 1 rings (SSSR count). The second-order valence-electron chi connectivity index (χ2n) is 4.86. The number of rotatable bonds is 6. The minimum absolute atomic E-state index is 0.467. The third kappa shape index (κ3) is 4.67. The predicted octanol–water partition coefficient (Wildman–Crippen LogP) is 2.97. The second-order valence-corrected chi connectivity index (χ2v) is 11.3. The van der Waals surface area contributed by atoms with Crippen LogP contribution in [0.4, 0.5) is 0 Å². The Bertz CT molecular complexity index is 336. The summed E-state index contributed by atoms with van der Waals surface area (Å²) >= 11 is 3.40. The highest BCUT2D eigenvalue weighted by molar-refractivity contribution is 9.10. The fourth-order valence-corrected chi connectivity index (χ4v) is 2.23. The maximum absolute atomic E-state index is 5.58. The highest BCUT2D eigenvalue weighted by atomic mass is 79.9. The van der Waals surface area contributed by atoms with E-state index in [2.05, 4.69) is 40.7 Å². The molecule has 0 atom stereocenters. The molecule has 0 aliphatic carbocycles. The van der Waals surface area contributed by atoms with Crippen LogP contribution in [0.25, 0.3) is 0 Å². The number of methoxy groups -OCH3 is 1. The van der Waals surface area contributed by atoms with Gasteiger partial charge in [0.2, 0.25) is 5.88 Å². The van der Waals surface area contributed by atoms with Gasteiger partial charge < -0.3 is 9.47 Å². The van der Waals surface area contributed by atoms with Crippen molar-refractivity contribution in [2.24, 2.45) is 0 Å². The van der Waals surface area contributed by atoms with Crippen LogP contribution in [0.15, 0.2) is 10.7 Å². The number of nitrogens with zero attached hydrogens (tertiary/aromatic N) is 2. The Hall–Kier alpha value is -0.333. The Morgan fingerprint density at radius 3 is 2.62 bits per heavy atom. The number of aromatic nitrogens is 2. The SMILES string of the molecule is COc1cc(Br)n(COCC[Si](C)(C)C)n1. The molecule has 92 valence electrons. The van der Waals surface area contributed by atoms with E-state index < -0.39 is 8.07 Å². The highest BCUT2D eigenvalue weighted by Gasteiger charge is 2.12. The normalized spacial score (nSPS) is 11.8. The summed E-state index contributed by atoms with van der Waals surface area (Å²) in [6, 6.07) is 2.99. The van der Waals surface area contributed by atoms with Gasteiger partial charge in [0, 0.05) is 20.7 Å². The lowest BCUT2D eigenvalue weighted by atomic mass is 10.7. The molecule has 0 aliphatic heterocycles. The first-order chi connectivity index (χ1) is 7.42. The van der Waals surface area contributed by atoms with E-state index in [1.807, 2.05) is 6.07 Å². The Balaban J connectivity index is 2.34. The molecule has 1 aromatic rings. The molecular formula is C10H19BrN2O2Si. The van der Waals surface area contributed by atoms with Crippen molar-refractivity contribution in [1.82, 2.24) is 9.78 Å². The maximum atomic E-state index is 5.58. The van der Waals surface area contributed by atoms with Gasteiger partial charge in [-0.3, -0.25) is 0 Å². The first kappa shape index (κ1) is 13.7. The van der Waals surface area contributed by atoms with Crippen LogP contribution in [-0.4, -0.2) is 31.6 Å². The summed E-state index contributed by atoms with van der Waals surface area (Å²) in [5.41, 5.74) is 0. The van der Waals surface area contributed by atoms with Crippen molar-refractivity contribution in [3.8, 4) is 5.88 Å². The molecule has 0 aliphatic rings. The Kier molecular flexibility index (Phi) is 5.01. The lowest BCUT2D eigenvalue weighted by Crippen LogP contribution is -2.22. The van der Waals surface area contributed by atoms with Gasteiger partial charge in [-0.2, -0.15) is 0 Å². The molecule has 0 unspecified atom stereocenters. The van der Waals surface area contributed by atoms with Gasteiger partial charge in [0.25, 0.3) is 0 Å². The summed E-state index contributed by atoms with van der Waals surface area (Å²) < 4.78 is 13.2. The molecule has 0 saturated carbocycles. The lowest BCUT2D eigenvalue weighted by molar-refractivity contribution is 0.0761. The summed E-state index contributed by atoms with van der Waals surface area (Å²) in [6.07, 6.45) is 0. The highest BCUT2D eigenvalue weighted by Crippen LogP contribution is 2.17. The molecular weight excluding hydrogens is 288 g/mol. The minimum atomic E-state index is -1.00. The van der Waals surface area contributed by atoms with Crippen LogP contribution in [0.5, 0.6) is 5.88 Å². The Morgan fingerprint density at radius 2 is 2.12 bits per heavy atom. The third-order valence-electron chi connectivity index (χ3n) is 2.13. The van der Waals surface area contributed by atoms with Crippen molar-refractivity contribution in [2.45, 2.75) is 32.4 Å². The number of halogens is 1. The molecule has 1 aromatic heterocycles. The van der Waals surface area contributed by atoms with Crippen molar-refractivity contribution < 1.29 is 9.47 Å². The Labute approximate surface area is 106 Å². The molecule has 0 N–H and O–H groups in total. The monoisotopic (exact) mass is 306 g/mol. The quantitative estimate of drug-likeness (QED) is 0.599. The molecule has 6 heteroatoms. The van der Waals surface area contributed by atoms with Crippen LogP contribution in [0.1, 0.15) is 0 Å². The molecule has 1 heterocycles. The van der Waals surface area contributed by atoms with Crippen LogP contribution in [0.2, 0.25) is 25.7 Å². The molecule has 0 radical (unpaired) electrons. The fourth-order valence-electron chi connectivity index (χ4n) is 1.09. The van der Waals surface area contributed by atoms with E-state index in [-0.39, 0.29) is 0 Å². The zero-order valence-electron chi connectivity index (χ0n) is 10.3. The third-order valence-corrected chi connectivity index (χ3v) is 4.47. The van der Waals surface area contributed by atoms with E-state index in [9.17, 15) is 0 Å². The van der Waals surface area contributed by atoms with Gasteiger partial charge in [-0.15, -0.1) is 5.10 Å². The van der Waals surface area contributed by atoms with Crippen LogP contribution < -0.4 is 4.74 Å². The average Bonchev–Trinajstić information content (AvgIpc) is 2.53. The lowest BCUT2D eigenvalue weighted by Gasteiger charge is -2.15. The molecule has 0 bridgehead atoms. The molecule has 0 saturated heterocycles. The van der Waals surface area contributed by atoms with Crippen molar-refractivity contribution >= 4 is 24.0 Å². The van der Waals surface area contributed by atoms with E-state index in [1.165, 1.54) is 6.04 Å². The molecule has 0 amide bonds. The van der Waals surface area contributed by atoms with E-state index in [0.717, 1.165) is 11.2 Å². The zero-order chi connectivity index (χ0) is 12.2. The number of hydrogen-bond donors (Lipinski definition) is 0. The van der Waals surface area contributed by atoms with Crippen molar-refractivity contribution in [2.75, 3.05) is 13.7 Å². The average molecular weight is 307 g/mol. The molecule has 0 aromatic carbocycles. The predicted molar refractivity (Wildman–Crippen MR) is 70.6 cm³/mol. The van der Waals surface area contributed by atoms with Crippen LogP contribution in [-0.2, 0) is 11.5 Å². The standard InChI is InChI=1S/C10H19BrN2O2Si/c1-14-10-7-9(11)13(12-10)8-15-5-6-16(2,3)4/h7H,5-6,8H2,1-4H3. The first-order valence-electron chi connectivity index (χ1n) is 5.27. The second kappa shape index (κ2) is 5.84. The fraction of sp³-hybridized carbons (Fsp3) is 0.700. The van der Waals surface area contributed by atoms with E-state index >= 15 is 0 Å². The molecule has 0 spiro atoms.